The van der Waals surface area contributed by atoms with E-state index in [2.05, 4.69) is 9.97 Å². The molecule has 2 rings (SSSR count). The Kier molecular flexibility index (Phi) is 3.75. The van der Waals surface area contributed by atoms with E-state index in [-0.39, 0.29) is 23.2 Å². The van der Waals surface area contributed by atoms with Gasteiger partial charge in [-0.2, -0.15) is 0 Å². The summed E-state index contributed by atoms with van der Waals surface area (Å²) in [5.74, 6) is 1.98. The van der Waals surface area contributed by atoms with Crippen molar-refractivity contribution >= 4 is 11.6 Å². The molecule has 0 spiro atoms. The van der Waals surface area contributed by atoms with Crippen LogP contribution < -0.4 is 5.56 Å². The van der Waals surface area contributed by atoms with Gasteiger partial charge in [-0.15, -0.1) is 0 Å². The number of aromatic nitrogens is 3. The highest BCUT2D eigenvalue weighted by atomic mass is 35.5. The molecule has 0 aliphatic heterocycles. The molecule has 102 valence electrons. The van der Waals surface area contributed by atoms with Crippen molar-refractivity contribution in [3.8, 4) is 0 Å². The van der Waals surface area contributed by atoms with E-state index in [1.807, 2.05) is 27.7 Å². The molecule has 2 aromatic heterocycles. The first kappa shape index (κ1) is 13.8. The quantitative estimate of drug-likeness (QED) is 0.812. The molecule has 0 unspecified atom stereocenters. The molecule has 6 heteroatoms. The zero-order valence-electron chi connectivity index (χ0n) is 11.4. The molecule has 0 bridgehead atoms. The maximum Gasteiger partial charge on any atom is 0.255 e. The van der Waals surface area contributed by atoms with Gasteiger partial charge in [0.1, 0.15) is 23.3 Å². The second-order valence-corrected chi connectivity index (χ2v) is 5.15. The molecule has 2 heterocycles. The topological polar surface area (TPSA) is 60.9 Å². The van der Waals surface area contributed by atoms with Crippen LogP contribution in [0.5, 0.6) is 0 Å². The normalized spacial score (nSPS) is 11.3. The summed E-state index contributed by atoms with van der Waals surface area (Å²) in [4.78, 5) is 20.5. The van der Waals surface area contributed by atoms with Crippen molar-refractivity contribution in [1.82, 2.24) is 14.5 Å². The minimum absolute atomic E-state index is 0.0866. The number of nitrogens with zero attached hydrogens (tertiary/aromatic N) is 3. The summed E-state index contributed by atoms with van der Waals surface area (Å²) in [6, 6.07) is 1.30. The highest BCUT2D eigenvalue weighted by molar-refractivity contribution is 6.29. The van der Waals surface area contributed by atoms with E-state index in [1.165, 1.54) is 6.07 Å². The Morgan fingerprint density at radius 2 is 2.05 bits per heavy atom. The van der Waals surface area contributed by atoms with Crippen molar-refractivity contribution in [2.24, 2.45) is 0 Å². The molecule has 0 amide bonds. The Balaban J connectivity index is 2.47. The maximum absolute atomic E-state index is 12.0. The van der Waals surface area contributed by atoms with Crippen LogP contribution in [-0.2, 0) is 6.54 Å². The molecule has 0 saturated heterocycles. The van der Waals surface area contributed by atoms with Crippen LogP contribution in [0.4, 0.5) is 0 Å². The highest BCUT2D eigenvalue weighted by Gasteiger charge is 2.14. The summed E-state index contributed by atoms with van der Waals surface area (Å²) in [5.41, 5.74) is 0.633. The molecule has 5 nitrogen and oxygen atoms in total. The standard InChI is InChI=1S/C13H16ClN3O2/c1-7(2)13-16-10(14)5-12(18)17(13)6-11-15-8(3)9(4)19-11/h5,7H,6H2,1-4H3. The minimum Gasteiger partial charge on any atom is -0.444 e. The lowest BCUT2D eigenvalue weighted by Gasteiger charge is -2.12. The van der Waals surface area contributed by atoms with E-state index >= 15 is 0 Å². The van der Waals surface area contributed by atoms with Crippen molar-refractivity contribution in [2.45, 2.75) is 40.2 Å². The van der Waals surface area contributed by atoms with Crippen LogP contribution in [-0.4, -0.2) is 14.5 Å². The number of hydrogen-bond acceptors (Lipinski definition) is 4. The minimum atomic E-state index is -0.197. The predicted molar refractivity (Wildman–Crippen MR) is 72.7 cm³/mol. The van der Waals surface area contributed by atoms with Gasteiger partial charge in [0.25, 0.3) is 5.56 Å². The smallest absolute Gasteiger partial charge is 0.255 e. The third-order valence-corrected chi connectivity index (χ3v) is 3.08. The molecule has 19 heavy (non-hydrogen) atoms. The fraction of sp³-hybridized carbons (Fsp3) is 0.462. The van der Waals surface area contributed by atoms with Gasteiger partial charge in [-0.25, -0.2) is 9.97 Å². The van der Waals surface area contributed by atoms with Gasteiger partial charge in [0.2, 0.25) is 5.89 Å². The van der Waals surface area contributed by atoms with Gasteiger partial charge in [0.05, 0.1) is 5.69 Å². The molecule has 0 atom stereocenters. The number of aryl methyl sites for hydroxylation is 2. The second-order valence-electron chi connectivity index (χ2n) is 4.77. The van der Waals surface area contributed by atoms with Crippen molar-refractivity contribution in [3.63, 3.8) is 0 Å². The lowest BCUT2D eigenvalue weighted by Crippen LogP contribution is -2.26. The Labute approximate surface area is 116 Å². The average molecular weight is 282 g/mol. The van der Waals surface area contributed by atoms with Crippen LogP contribution in [0.25, 0.3) is 0 Å². The van der Waals surface area contributed by atoms with Crippen LogP contribution >= 0.6 is 11.6 Å². The summed E-state index contributed by atoms with van der Waals surface area (Å²) in [6.07, 6.45) is 0. The molecule has 0 aromatic carbocycles. The number of hydrogen-bond donors (Lipinski definition) is 0. The SMILES string of the molecule is Cc1nc(Cn2c(C(C)C)nc(Cl)cc2=O)oc1C. The molecule has 2 aromatic rings. The average Bonchev–Trinajstić information content (AvgIpc) is 2.61. The zero-order valence-corrected chi connectivity index (χ0v) is 12.2. The third-order valence-electron chi connectivity index (χ3n) is 2.89. The Hall–Kier alpha value is -1.62. The molecule has 0 aliphatic carbocycles. The fourth-order valence-electron chi connectivity index (χ4n) is 1.84. The Morgan fingerprint density at radius 3 is 2.58 bits per heavy atom. The zero-order chi connectivity index (χ0) is 14.2. The number of oxazole rings is 1. The van der Waals surface area contributed by atoms with E-state index in [4.69, 9.17) is 16.0 Å². The van der Waals surface area contributed by atoms with Crippen LogP contribution in [0.3, 0.4) is 0 Å². The molecular weight excluding hydrogens is 266 g/mol. The summed E-state index contributed by atoms with van der Waals surface area (Å²) in [6.45, 7) is 7.90. The Bertz CT molecular complexity index is 639. The summed E-state index contributed by atoms with van der Waals surface area (Å²) in [5, 5.41) is 0.213. The van der Waals surface area contributed by atoms with Gasteiger partial charge in [-0.3, -0.25) is 9.36 Å². The van der Waals surface area contributed by atoms with Gasteiger partial charge in [-0.05, 0) is 13.8 Å². The van der Waals surface area contributed by atoms with E-state index in [9.17, 15) is 4.79 Å². The van der Waals surface area contributed by atoms with E-state index in [1.54, 1.807) is 4.57 Å². The van der Waals surface area contributed by atoms with E-state index in [0.717, 1.165) is 11.5 Å². The van der Waals surface area contributed by atoms with Crippen molar-refractivity contribution in [1.29, 1.82) is 0 Å². The van der Waals surface area contributed by atoms with Crippen LogP contribution in [0.1, 0.15) is 42.9 Å². The van der Waals surface area contributed by atoms with Crippen molar-refractivity contribution < 1.29 is 4.42 Å². The first-order chi connectivity index (χ1) is 8.88. The second kappa shape index (κ2) is 5.17. The molecule has 0 fully saturated rings. The predicted octanol–water partition coefficient (Wildman–Crippen LogP) is 2.67. The molecule has 0 saturated carbocycles. The van der Waals surface area contributed by atoms with Crippen LogP contribution in [0.15, 0.2) is 15.3 Å². The Morgan fingerprint density at radius 1 is 1.37 bits per heavy atom. The van der Waals surface area contributed by atoms with Gasteiger partial charge in [0.15, 0.2) is 0 Å². The lowest BCUT2D eigenvalue weighted by molar-refractivity contribution is 0.445. The molecule has 0 N–H and O–H groups in total. The lowest BCUT2D eigenvalue weighted by atomic mass is 10.2. The van der Waals surface area contributed by atoms with Gasteiger partial charge >= 0.3 is 0 Å². The van der Waals surface area contributed by atoms with Gasteiger partial charge in [0, 0.05) is 12.0 Å². The number of halogens is 1. The van der Waals surface area contributed by atoms with E-state index < -0.39 is 0 Å². The first-order valence-corrected chi connectivity index (χ1v) is 6.46. The summed E-state index contributed by atoms with van der Waals surface area (Å²) in [7, 11) is 0. The van der Waals surface area contributed by atoms with Crippen molar-refractivity contribution in [3.05, 3.63) is 44.7 Å². The third kappa shape index (κ3) is 2.87. The van der Waals surface area contributed by atoms with Crippen LogP contribution in [0, 0.1) is 13.8 Å². The van der Waals surface area contributed by atoms with Crippen molar-refractivity contribution in [2.75, 3.05) is 0 Å². The summed E-state index contributed by atoms with van der Waals surface area (Å²) < 4.78 is 7.05. The van der Waals surface area contributed by atoms with Crippen LogP contribution in [0.2, 0.25) is 5.15 Å². The van der Waals surface area contributed by atoms with Gasteiger partial charge in [-0.1, -0.05) is 25.4 Å². The highest BCUT2D eigenvalue weighted by Crippen LogP contribution is 2.15. The molecular formula is C13H16ClN3O2. The summed E-state index contributed by atoms with van der Waals surface area (Å²) >= 11 is 5.83. The molecule has 0 aliphatic rings. The largest absolute Gasteiger partial charge is 0.444 e. The monoisotopic (exact) mass is 281 g/mol. The molecule has 0 radical (unpaired) electrons. The maximum atomic E-state index is 12.0. The number of rotatable bonds is 3. The van der Waals surface area contributed by atoms with E-state index in [0.29, 0.717) is 11.7 Å². The first-order valence-electron chi connectivity index (χ1n) is 6.08. The van der Waals surface area contributed by atoms with Gasteiger partial charge < -0.3 is 4.42 Å². The fourth-order valence-corrected chi connectivity index (χ4v) is 2.02.